The summed E-state index contributed by atoms with van der Waals surface area (Å²) in [5.41, 5.74) is 2.74. The molecule has 2 aromatic rings. The molecule has 1 saturated heterocycles. The molecule has 1 aliphatic heterocycles. The van der Waals surface area contributed by atoms with Gasteiger partial charge in [-0.3, -0.25) is 14.6 Å². The van der Waals surface area contributed by atoms with Crippen molar-refractivity contribution in [2.45, 2.75) is 26.3 Å². The third-order valence-electron chi connectivity index (χ3n) is 4.76. The minimum absolute atomic E-state index is 0.0825. The van der Waals surface area contributed by atoms with Gasteiger partial charge >= 0.3 is 0 Å². The van der Waals surface area contributed by atoms with E-state index >= 15 is 0 Å². The van der Waals surface area contributed by atoms with Crippen molar-refractivity contribution >= 4 is 23.2 Å². The smallest absolute Gasteiger partial charge is 0.248 e. The molecule has 1 aliphatic rings. The van der Waals surface area contributed by atoms with Gasteiger partial charge in [-0.2, -0.15) is 0 Å². The fourth-order valence-electron chi connectivity index (χ4n) is 3.17. The van der Waals surface area contributed by atoms with E-state index in [4.69, 9.17) is 4.74 Å². The molecule has 9 heteroatoms. The van der Waals surface area contributed by atoms with Crippen LogP contribution in [0.4, 0.5) is 4.39 Å². The molecule has 1 fully saturated rings. The number of thiazole rings is 1. The second-order valence-electron chi connectivity index (χ2n) is 6.95. The molecule has 2 amide bonds. The number of nitrogens with one attached hydrogen (secondary N) is 1. The third-order valence-corrected chi connectivity index (χ3v) is 5.61. The number of amides is 2. The van der Waals surface area contributed by atoms with Crippen LogP contribution in [0, 0.1) is 12.8 Å². The molecule has 0 saturated carbocycles. The summed E-state index contributed by atoms with van der Waals surface area (Å²) >= 11 is 1.49. The summed E-state index contributed by atoms with van der Waals surface area (Å²) in [5, 5.41) is 5.70. The number of carbonyl (C=O) groups excluding carboxylic acids is 2. The minimum atomic E-state index is -0.614. The van der Waals surface area contributed by atoms with Crippen molar-refractivity contribution in [3.05, 3.63) is 34.4 Å². The van der Waals surface area contributed by atoms with Crippen LogP contribution in [0.5, 0.6) is 0 Å². The van der Waals surface area contributed by atoms with Crippen molar-refractivity contribution in [3.63, 3.8) is 0 Å². The fraction of sp³-hybridized carbons (Fsp3) is 0.500. The number of ether oxygens (including phenoxy) is 1. The zero-order valence-corrected chi connectivity index (χ0v) is 17.2. The number of aromatic nitrogens is 2. The predicted octanol–water partition coefficient (Wildman–Crippen LogP) is 2.35. The number of hydrogen-bond acceptors (Lipinski definition) is 6. The minimum Gasteiger partial charge on any atom is -0.369 e. The lowest BCUT2D eigenvalue weighted by Gasteiger charge is -2.32. The van der Waals surface area contributed by atoms with Crippen LogP contribution in [0.25, 0.3) is 11.3 Å². The number of nitrogens with zero attached hydrogens (tertiary/aromatic N) is 3. The Balaban J connectivity index is 1.49. The molecule has 0 aliphatic carbocycles. The number of alkyl halides is 1. The van der Waals surface area contributed by atoms with Gasteiger partial charge < -0.3 is 15.0 Å². The number of piperidine rings is 1. The van der Waals surface area contributed by atoms with Crippen LogP contribution >= 0.6 is 11.3 Å². The molecule has 0 spiro atoms. The summed E-state index contributed by atoms with van der Waals surface area (Å²) in [4.78, 5) is 35.1. The Hall–Kier alpha value is -2.39. The first kappa shape index (κ1) is 21.3. The zero-order valence-electron chi connectivity index (χ0n) is 16.4. The number of aryl methyl sites for hydroxylation is 1. The van der Waals surface area contributed by atoms with Crippen LogP contribution in [0.15, 0.2) is 23.7 Å². The lowest BCUT2D eigenvalue weighted by atomic mass is 9.97. The Morgan fingerprint density at radius 2 is 2.28 bits per heavy atom. The standard InChI is InChI=1S/C20H25FN4O3S/c1-14-4-5-15(9-22-14)17-13-29-18(24-17)10-23-20(27)16-3-2-7-25(11-16)19(26)12-28-8-6-21/h4-5,9,13,16H,2-3,6-8,10-12H2,1H3,(H,23,27)/t16-/m0/s1. The van der Waals surface area contributed by atoms with Gasteiger partial charge in [0.25, 0.3) is 0 Å². The molecule has 1 N–H and O–H groups in total. The maximum absolute atomic E-state index is 12.6. The lowest BCUT2D eigenvalue weighted by Crippen LogP contribution is -2.46. The number of likely N-dealkylation sites (tertiary alicyclic amines) is 1. The van der Waals surface area contributed by atoms with E-state index < -0.39 is 6.67 Å². The van der Waals surface area contributed by atoms with Gasteiger partial charge in [-0.25, -0.2) is 9.37 Å². The molecule has 0 aromatic carbocycles. The Morgan fingerprint density at radius 3 is 3.03 bits per heavy atom. The quantitative estimate of drug-likeness (QED) is 0.663. The van der Waals surface area contributed by atoms with Crippen LogP contribution in [-0.2, 0) is 20.9 Å². The van der Waals surface area contributed by atoms with Crippen molar-refractivity contribution in [3.8, 4) is 11.3 Å². The fourth-order valence-corrected chi connectivity index (χ4v) is 3.92. The average Bonchev–Trinajstić information content (AvgIpc) is 3.22. The van der Waals surface area contributed by atoms with Gasteiger partial charge in [0.2, 0.25) is 11.8 Å². The molecule has 1 atom stereocenters. The van der Waals surface area contributed by atoms with Crippen molar-refractivity contribution < 1.29 is 18.7 Å². The normalized spacial score (nSPS) is 16.6. The van der Waals surface area contributed by atoms with E-state index in [1.165, 1.54) is 11.3 Å². The molecule has 156 valence electrons. The van der Waals surface area contributed by atoms with Crippen LogP contribution < -0.4 is 5.32 Å². The highest BCUT2D eigenvalue weighted by molar-refractivity contribution is 7.09. The second-order valence-corrected chi connectivity index (χ2v) is 7.90. The van der Waals surface area contributed by atoms with Crippen LogP contribution in [0.2, 0.25) is 0 Å². The van der Waals surface area contributed by atoms with E-state index in [-0.39, 0.29) is 30.9 Å². The Bertz CT molecular complexity index is 827. The third kappa shape index (κ3) is 6.04. The van der Waals surface area contributed by atoms with E-state index in [2.05, 4.69) is 15.3 Å². The first-order valence-electron chi connectivity index (χ1n) is 9.63. The first-order chi connectivity index (χ1) is 14.1. The zero-order chi connectivity index (χ0) is 20.6. The number of pyridine rings is 1. The molecule has 0 radical (unpaired) electrons. The van der Waals surface area contributed by atoms with E-state index in [1.54, 1.807) is 11.1 Å². The summed E-state index contributed by atoms with van der Waals surface area (Å²) < 4.78 is 17.0. The summed E-state index contributed by atoms with van der Waals surface area (Å²) in [5.74, 6) is -0.539. The number of rotatable bonds is 8. The molecule has 7 nitrogen and oxygen atoms in total. The van der Waals surface area contributed by atoms with Crippen LogP contribution in [0.1, 0.15) is 23.5 Å². The highest BCUT2D eigenvalue weighted by Gasteiger charge is 2.28. The second kappa shape index (κ2) is 10.4. The van der Waals surface area contributed by atoms with Gasteiger partial charge in [0.1, 0.15) is 18.3 Å². The number of halogens is 1. The predicted molar refractivity (Wildman–Crippen MR) is 108 cm³/mol. The lowest BCUT2D eigenvalue weighted by molar-refractivity contribution is -0.139. The SMILES string of the molecule is Cc1ccc(-c2csc(CNC(=O)[C@H]3CCCN(C(=O)COCCF)C3)n2)cn1. The Labute approximate surface area is 173 Å². The first-order valence-corrected chi connectivity index (χ1v) is 10.5. The van der Waals surface area contributed by atoms with E-state index in [1.807, 2.05) is 24.4 Å². The van der Waals surface area contributed by atoms with E-state index in [9.17, 15) is 14.0 Å². The molecule has 29 heavy (non-hydrogen) atoms. The van der Waals surface area contributed by atoms with Gasteiger partial charge in [-0.1, -0.05) is 0 Å². The van der Waals surface area contributed by atoms with Gasteiger partial charge in [0, 0.05) is 35.9 Å². The Morgan fingerprint density at radius 1 is 1.41 bits per heavy atom. The average molecular weight is 421 g/mol. The monoisotopic (exact) mass is 420 g/mol. The molecule has 0 unspecified atom stereocenters. The maximum atomic E-state index is 12.6. The molecule has 0 bridgehead atoms. The topological polar surface area (TPSA) is 84.4 Å². The largest absolute Gasteiger partial charge is 0.369 e. The van der Waals surface area contributed by atoms with Crippen molar-refractivity contribution in [2.24, 2.45) is 5.92 Å². The summed E-state index contributed by atoms with van der Waals surface area (Å²) in [6, 6.07) is 3.92. The van der Waals surface area contributed by atoms with Crippen molar-refractivity contribution in [1.29, 1.82) is 0 Å². The Kier molecular flexibility index (Phi) is 7.65. The summed E-state index contributed by atoms with van der Waals surface area (Å²) in [6.07, 6.45) is 3.28. The van der Waals surface area contributed by atoms with Gasteiger partial charge in [-0.15, -0.1) is 11.3 Å². The molecular weight excluding hydrogens is 395 g/mol. The summed E-state index contributed by atoms with van der Waals surface area (Å²) in [7, 11) is 0. The maximum Gasteiger partial charge on any atom is 0.248 e. The summed E-state index contributed by atoms with van der Waals surface area (Å²) in [6.45, 7) is 2.41. The number of hydrogen-bond donors (Lipinski definition) is 1. The molecule has 3 rings (SSSR count). The van der Waals surface area contributed by atoms with E-state index in [0.717, 1.165) is 34.8 Å². The highest BCUT2D eigenvalue weighted by atomic mass is 32.1. The van der Waals surface area contributed by atoms with Gasteiger partial charge in [-0.05, 0) is 31.9 Å². The molecule has 2 aromatic heterocycles. The van der Waals surface area contributed by atoms with E-state index in [0.29, 0.717) is 19.6 Å². The van der Waals surface area contributed by atoms with Gasteiger partial charge in [0.05, 0.1) is 24.8 Å². The molecular formula is C20H25FN4O3S. The van der Waals surface area contributed by atoms with Crippen molar-refractivity contribution in [1.82, 2.24) is 20.2 Å². The molecule has 3 heterocycles. The van der Waals surface area contributed by atoms with Crippen LogP contribution in [0.3, 0.4) is 0 Å². The van der Waals surface area contributed by atoms with Crippen molar-refractivity contribution in [2.75, 3.05) is 33.0 Å². The van der Waals surface area contributed by atoms with Gasteiger partial charge in [0.15, 0.2) is 0 Å². The number of carbonyl (C=O) groups is 2. The van der Waals surface area contributed by atoms with Crippen LogP contribution in [-0.4, -0.2) is 59.7 Å². The highest BCUT2D eigenvalue weighted by Crippen LogP contribution is 2.22.